The van der Waals surface area contributed by atoms with E-state index in [0.717, 1.165) is 31.2 Å². The number of anilines is 1. The molecular formula is C31H45N5O8S. The Morgan fingerprint density at radius 3 is 2.49 bits per heavy atom. The molecule has 3 unspecified atom stereocenters. The third-order valence-electron chi connectivity index (χ3n) is 7.44. The lowest BCUT2D eigenvalue weighted by Crippen LogP contribution is -2.49. The molecule has 2 aromatic rings. The summed E-state index contributed by atoms with van der Waals surface area (Å²) in [5.41, 5.74) is 1.86. The molecule has 1 saturated heterocycles. The fourth-order valence-electron chi connectivity index (χ4n) is 5.35. The number of nitrogens with one attached hydrogen (secondary N) is 3. The van der Waals surface area contributed by atoms with E-state index in [4.69, 9.17) is 9.47 Å². The molecule has 0 saturated carbocycles. The highest BCUT2D eigenvalue weighted by atomic mass is 32.2. The van der Waals surface area contributed by atoms with Crippen LogP contribution in [0.25, 0.3) is 0 Å². The molecule has 2 amide bonds. The molecule has 45 heavy (non-hydrogen) atoms. The monoisotopic (exact) mass is 647 g/mol. The Kier molecular flexibility index (Phi) is 13.6. The minimum atomic E-state index is -4.19. The molecular weight excluding hydrogens is 602 g/mol. The van der Waals surface area contributed by atoms with Gasteiger partial charge in [0, 0.05) is 19.3 Å². The topological polar surface area (TPSA) is 176 Å². The van der Waals surface area contributed by atoms with E-state index in [-0.39, 0.29) is 17.5 Å². The Morgan fingerprint density at radius 2 is 1.84 bits per heavy atom. The van der Waals surface area contributed by atoms with Crippen molar-refractivity contribution in [1.29, 1.82) is 0 Å². The summed E-state index contributed by atoms with van der Waals surface area (Å²) < 4.78 is 39.6. The number of unbranched alkanes of at least 4 members (excludes halogenated alkanes) is 3. The fourth-order valence-corrected chi connectivity index (χ4v) is 6.99. The van der Waals surface area contributed by atoms with Crippen LogP contribution in [0.5, 0.6) is 0 Å². The van der Waals surface area contributed by atoms with Gasteiger partial charge in [-0.3, -0.25) is 9.59 Å². The molecule has 2 heterocycles. The Labute approximate surface area is 265 Å². The number of rotatable bonds is 17. The van der Waals surface area contributed by atoms with Crippen LogP contribution in [0.3, 0.4) is 0 Å². The summed E-state index contributed by atoms with van der Waals surface area (Å²) in [5.74, 6) is -1.40. The number of pyridine rings is 1. The van der Waals surface area contributed by atoms with E-state index in [9.17, 15) is 27.9 Å². The molecule has 1 fully saturated rings. The number of amides is 2. The number of carbonyl (C=O) groups is 3. The van der Waals surface area contributed by atoms with E-state index in [1.807, 2.05) is 19.1 Å². The molecule has 1 aromatic carbocycles. The molecule has 248 valence electrons. The van der Waals surface area contributed by atoms with Gasteiger partial charge in [-0.25, -0.2) is 18.2 Å². The predicted molar refractivity (Wildman–Crippen MR) is 168 cm³/mol. The molecule has 3 rings (SSSR count). The maximum atomic E-state index is 13.1. The van der Waals surface area contributed by atoms with Gasteiger partial charge in [0.2, 0.25) is 15.9 Å². The van der Waals surface area contributed by atoms with Crippen molar-refractivity contribution in [3.63, 3.8) is 0 Å². The van der Waals surface area contributed by atoms with Gasteiger partial charge in [0.05, 0.1) is 30.2 Å². The van der Waals surface area contributed by atoms with Crippen LogP contribution in [-0.4, -0.2) is 92.4 Å². The molecule has 3 atom stereocenters. The van der Waals surface area contributed by atoms with E-state index < -0.39 is 53.3 Å². The first kappa shape index (κ1) is 35.7. The number of aliphatic carboxylic acids is 1. The third-order valence-corrected chi connectivity index (χ3v) is 9.22. The van der Waals surface area contributed by atoms with E-state index >= 15 is 0 Å². The van der Waals surface area contributed by atoms with Gasteiger partial charge in [0.25, 0.3) is 0 Å². The largest absolute Gasteiger partial charge is 0.480 e. The summed E-state index contributed by atoms with van der Waals surface area (Å²) in [6.07, 6.45) is 5.08. The second-order valence-corrected chi connectivity index (χ2v) is 12.9. The zero-order chi connectivity index (χ0) is 33.0. The molecule has 0 spiro atoms. The van der Waals surface area contributed by atoms with Gasteiger partial charge in [-0.05, 0) is 56.9 Å². The molecule has 14 heteroatoms. The lowest BCUT2D eigenvalue weighted by molar-refractivity contribution is -0.139. The summed E-state index contributed by atoms with van der Waals surface area (Å²) in [6.45, 7) is 7.26. The van der Waals surface area contributed by atoms with Crippen LogP contribution in [-0.2, 0) is 29.1 Å². The summed E-state index contributed by atoms with van der Waals surface area (Å²) in [6, 6.07) is 6.99. The predicted octanol–water partition coefficient (Wildman–Crippen LogP) is 3.14. The number of hydrogen-bond donors (Lipinski definition) is 4. The van der Waals surface area contributed by atoms with Crippen LogP contribution in [0.1, 0.15) is 55.7 Å². The molecule has 0 aliphatic carbocycles. The second kappa shape index (κ2) is 17.1. The number of ether oxygens (including phenoxy) is 2. The zero-order valence-electron chi connectivity index (χ0n) is 26.4. The Balaban J connectivity index is 1.55. The standard InChI is InChI=1S/C31H45N5O8S/c1-5-6-7-10-13-43-31(40)36-19-25(16-24(36)17-33-27-11-8-9-12-32-27)44-20-28(37)34-18-26(30(38)39)35-45(41,42)29-22(3)14-21(2)15-23(29)4/h8-9,11-12,14-15,24-26,35H,5-7,10,13,16-20H2,1-4H3,(H,32,33)(H,34,37)(H,38,39). The minimum Gasteiger partial charge on any atom is -0.480 e. The Hall–Kier alpha value is -3.75. The number of aromatic nitrogens is 1. The Bertz CT molecular complexity index is 1380. The summed E-state index contributed by atoms with van der Waals surface area (Å²) >= 11 is 0. The van der Waals surface area contributed by atoms with E-state index in [1.165, 1.54) is 0 Å². The van der Waals surface area contributed by atoms with E-state index in [2.05, 4.69) is 27.3 Å². The third kappa shape index (κ3) is 11.0. The highest BCUT2D eigenvalue weighted by molar-refractivity contribution is 7.89. The molecule has 1 aromatic heterocycles. The van der Waals surface area contributed by atoms with Crippen LogP contribution in [0, 0.1) is 20.8 Å². The lowest BCUT2D eigenvalue weighted by Gasteiger charge is -2.24. The molecule has 1 aliphatic heterocycles. The van der Waals surface area contributed by atoms with Crippen LogP contribution in [0.2, 0.25) is 0 Å². The minimum absolute atomic E-state index is 0.00590. The first-order valence-electron chi connectivity index (χ1n) is 15.2. The average Bonchev–Trinajstić information content (AvgIpc) is 3.40. The molecule has 13 nitrogen and oxygen atoms in total. The van der Waals surface area contributed by atoms with Crippen LogP contribution < -0.4 is 15.4 Å². The lowest BCUT2D eigenvalue weighted by atomic mass is 10.1. The SMILES string of the molecule is CCCCCCOC(=O)N1CC(OCC(=O)NCC(NS(=O)(=O)c2c(C)cc(C)cc2C)C(=O)O)CC1CNc1ccccn1. The van der Waals surface area contributed by atoms with Crippen molar-refractivity contribution in [2.75, 3.05) is 38.2 Å². The number of aryl methyl sites for hydroxylation is 3. The van der Waals surface area contributed by atoms with E-state index in [0.29, 0.717) is 36.5 Å². The quantitative estimate of drug-likeness (QED) is 0.187. The molecule has 0 bridgehead atoms. The van der Waals surface area contributed by atoms with Crippen molar-refractivity contribution in [2.45, 2.75) is 82.9 Å². The molecule has 4 N–H and O–H groups in total. The van der Waals surface area contributed by atoms with Crippen molar-refractivity contribution >= 4 is 33.8 Å². The highest BCUT2D eigenvalue weighted by Gasteiger charge is 2.37. The summed E-state index contributed by atoms with van der Waals surface area (Å²) in [5, 5.41) is 15.3. The van der Waals surface area contributed by atoms with Crippen LogP contribution in [0.4, 0.5) is 10.6 Å². The Morgan fingerprint density at radius 1 is 1.11 bits per heavy atom. The number of nitrogens with zero attached hydrogens (tertiary/aromatic N) is 2. The summed E-state index contributed by atoms with van der Waals surface area (Å²) in [4.78, 5) is 43.2. The van der Waals surface area contributed by atoms with Gasteiger partial charge in [0.1, 0.15) is 18.5 Å². The normalized spacial score (nSPS) is 17.1. The van der Waals surface area contributed by atoms with Crippen molar-refractivity contribution < 1.29 is 37.4 Å². The number of benzene rings is 1. The maximum absolute atomic E-state index is 13.1. The van der Waals surface area contributed by atoms with Crippen LogP contribution >= 0.6 is 0 Å². The van der Waals surface area contributed by atoms with Crippen molar-refractivity contribution in [2.24, 2.45) is 0 Å². The number of carbonyl (C=O) groups excluding carboxylic acids is 2. The maximum Gasteiger partial charge on any atom is 0.410 e. The van der Waals surface area contributed by atoms with Gasteiger partial charge in [-0.2, -0.15) is 4.72 Å². The van der Waals surface area contributed by atoms with Gasteiger partial charge < -0.3 is 30.1 Å². The van der Waals surface area contributed by atoms with Crippen molar-refractivity contribution in [3.05, 3.63) is 53.2 Å². The average molecular weight is 648 g/mol. The first-order chi connectivity index (χ1) is 21.4. The van der Waals surface area contributed by atoms with E-state index in [1.54, 1.807) is 43.1 Å². The van der Waals surface area contributed by atoms with Crippen molar-refractivity contribution in [1.82, 2.24) is 19.9 Å². The number of carboxylic acid groups (broad SMARTS) is 1. The van der Waals surface area contributed by atoms with Gasteiger partial charge in [-0.15, -0.1) is 0 Å². The highest BCUT2D eigenvalue weighted by Crippen LogP contribution is 2.23. The number of likely N-dealkylation sites (tertiary alicyclic amines) is 1. The molecule has 1 aliphatic rings. The smallest absolute Gasteiger partial charge is 0.410 e. The van der Waals surface area contributed by atoms with Gasteiger partial charge >= 0.3 is 12.1 Å². The number of hydrogen-bond acceptors (Lipinski definition) is 9. The van der Waals surface area contributed by atoms with Gasteiger partial charge in [0.15, 0.2) is 0 Å². The van der Waals surface area contributed by atoms with Gasteiger partial charge in [-0.1, -0.05) is 49.9 Å². The van der Waals surface area contributed by atoms with Crippen molar-refractivity contribution in [3.8, 4) is 0 Å². The number of sulfonamides is 1. The fraction of sp³-hybridized carbons (Fsp3) is 0.548. The zero-order valence-corrected chi connectivity index (χ0v) is 27.2. The summed E-state index contributed by atoms with van der Waals surface area (Å²) in [7, 11) is -4.19. The van der Waals surface area contributed by atoms with Crippen LogP contribution in [0.15, 0.2) is 41.4 Å². The number of carboxylic acids is 1. The first-order valence-corrected chi connectivity index (χ1v) is 16.7. The second-order valence-electron chi connectivity index (χ2n) is 11.3. The molecule has 0 radical (unpaired) electrons.